The molecule has 1 N–H and O–H groups in total. The van der Waals surface area contributed by atoms with Gasteiger partial charge in [-0.15, -0.1) is 0 Å². The number of hydrogen-bond donors (Lipinski definition) is 1. The summed E-state index contributed by atoms with van der Waals surface area (Å²) in [5, 5.41) is 4.37. The van der Waals surface area contributed by atoms with Crippen molar-refractivity contribution >= 4 is 62.2 Å². The quantitative estimate of drug-likeness (QED) is 0.582. The predicted molar refractivity (Wildman–Crippen MR) is 79.2 cm³/mol. The van der Waals surface area contributed by atoms with E-state index in [1.54, 1.807) is 25.1 Å². The summed E-state index contributed by atoms with van der Waals surface area (Å²) < 4.78 is 0.689. The lowest BCUT2D eigenvalue weighted by molar-refractivity contribution is 1.04. The Balaban J connectivity index is 2.36. The van der Waals surface area contributed by atoms with Crippen LogP contribution >= 0.6 is 50.7 Å². The Morgan fingerprint density at radius 1 is 1.00 bits per heavy atom. The Kier molecular flexibility index (Phi) is 4.33. The van der Waals surface area contributed by atoms with Gasteiger partial charge in [0, 0.05) is 6.07 Å². The smallest absolute Gasteiger partial charge is 0.135 e. The van der Waals surface area contributed by atoms with Crippen molar-refractivity contribution in [3.63, 3.8) is 0 Å². The zero-order valence-electron chi connectivity index (χ0n) is 9.14. The van der Waals surface area contributed by atoms with Crippen molar-refractivity contribution in [3.05, 3.63) is 43.7 Å². The summed E-state index contributed by atoms with van der Waals surface area (Å²) in [6.45, 7) is 1.80. The van der Waals surface area contributed by atoms with Crippen LogP contribution in [0.3, 0.4) is 0 Å². The molecule has 7 heteroatoms. The van der Waals surface area contributed by atoms with Gasteiger partial charge in [-0.05, 0) is 35.0 Å². The van der Waals surface area contributed by atoms with Crippen LogP contribution in [-0.2, 0) is 0 Å². The molecule has 0 aliphatic rings. The van der Waals surface area contributed by atoms with Gasteiger partial charge < -0.3 is 5.32 Å². The van der Waals surface area contributed by atoms with Gasteiger partial charge >= 0.3 is 0 Å². The van der Waals surface area contributed by atoms with E-state index in [4.69, 9.17) is 34.8 Å². The van der Waals surface area contributed by atoms with Crippen molar-refractivity contribution in [2.75, 3.05) is 5.32 Å². The maximum Gasteiger partial charge on any atom is 0.135 e. The van der Waals surface area contributed by atoms with E-state index in [-0.39, 0.29) is 0 Å². The number of rotatable bonds is 2. The van der Waals surface area contributed by atoms with Crippen LogP contribution < -0.4 is 5.32 Å². The molecule has 0 amide bonds. The van der Waals surface area contributed by atoms with E-state index in [9.17, 15) is 0 Å². The Morgan fingerprint density at radius 2 is 1.67 bits per heavy atom. The fourth-order valence-electron chi connectivity index (χ4n) is 1.35. The molecule has 0 radical (unpaired) electrons. The topological polar surface area (TPSA) is 37.8 Å². The molecule has 0 saturated carbocycles. The highest BCUT2D eigenvalue weighted by Gasteiger charge is 2.07. The number of anilines is 2. The number of nitrogens with one attached hydrogen (secondary N) is 1. The average molecular weight is 367 g/mol. The first-order valence-electron chi connectivity index (χ1n) is 4.88. The summed E-state index contributed by atoms with van der Waals surface area (Å²) in [4.78, 5) is 8.35. The lowest BCUT2D eigenvalue weighted by atomic mass is 10.3. The molecule has 0 spiro atoms. The van der Waals surface area contributed by atoms with Gasteiger partial charge in [-0.2, -0.15) is 0 Å². The molecule has 1 heterocycles. The minimum atomic E-state index is 0.410. The monoisotopic (exact) mass is 365 g/mol. The van der Waals surface area contributed by atoms with Gasteiger partial charge in [-0.1, -0.05) is 34.8 Å². The van der Waals surface area contributed by atoms with E-state index < -0.39 is 0 Å². The predicted octanol–water partition coefficient (Wildman–Crippen LogP) is 5.25. The van der Waals surface area contributed by atoms with E-state index in [1.165, 1.54) is 0 Å². The second kappa shape index (κ2) is 5.61. The lowest BCUT2D eigenvalue weighted by Crippen LogP contribution is -1.98. The number of aryl methyl sites for hydroxylation is 1. The minimum absolute atomic E-state index is 0.410. The molecular weight excluding hydrogens is 360 g/mol. The molecule has 2 aromatic rings. The second-order valence-electron chi connectivity index (χ2n) is 3.49. The van der Waals surface area contributed by atoms with E-state index in [0.717, 1.165) is 0 Å². The highest BCUT2D eigenvalue weighted by Crippen LogP contribution is 2.33. The van der Waals surface area contributed by atoms with Crippen molar-refractivity contribution < 1.29 is 0 Å². The molecule has 0 aliphatic heterocycles. The number of nitrogens with zero attached hydrogens (tertiary/aromatic N) is 2. The number of hydrogen-bond acceptors (Lipinski definition) is 3. The van der Waals surface area contributed by atoms with Crippen molar-refractivity contribution in [2.45, 2.75) is 6.92 Å². The van der Waals surface area contributed by atoms with Gasteiger partial charge in [0.25, 0.3) is 0 Å². The molecule has 0 fully saturated rings. The van der Waals surface area contributed by atoms with Crippen molar-refractivity contribution in [2.24, 2.45) is 0 Å². The standard InChI is InChI=1S/C11H7BrCl3N3/c1-5-16-10(12)4-11(17-5)18-9-3-7(14)6(13)2-8(9)15/h2-4H,1H3,(H,16,17,18). The molecule has 0 aliphatic carbocycles. The molecule has 1 aromatic carbocycles. The minimum Gasteiger partial charge on any atom is -0.339 e. The van der Waals surface area contributed by atoms with Crippen LogP contribution in [0.5, 0.6) is 0 Å². The van der Waals surface area contributed by atoms with E-state index >= 15 is 0 Å². The summed E-state index contributed by atoms with van der Waals surface area (Å²) >= 11 is 21.2. The third kappa shape index (κ3) is 3.26. The average Bonchev–Trinajstić information content (AvgIpc) is 2.24. The van der Waals surface area contributed by atoms with E-state index in [1.807, 2.05) is 0 Å². The van der Waals surface area contributed by atoms with E-state index in [2.05, 4.69) is 31.2 Å². The fourth-order valence-corrected chi connectivity index (χ4v) is 2.42. The molecular formula is C11H7BrCl3N3. The summed E-state index contributed by atoms with van der Waals surface area (Å²) in [6, 6.07) is 4.97. The summed E-state index contributed by atoms with van der Waals surface area (Å²) in [6.07, 6.45) is 0. The molecule has 18 heavy (non-hydrogen) atoms. The zero-order chi connectivity index (χ0) is 13.3. The SMILES string of the molecule is Cc1nc(Br)cc(Nc2cc(Cl)c(Cl)cc2Cl)n1. The van der Waals surface area contributed by atoms with Crippen LogP contribution in [0.1, 0.15) is 5.82 Å². The summed E-state index contributed by atoms with van der Waals surface area (Å²) in [5.41, 5.74) is 0.635. The van der Waals surface area contributed by atoms with Crippen LogP contribution in [0.15, 0.2) is 22.8 Å². The lowest BCUT2D eigenvalue weighted by Gasteiger charge is -2.09. The van der Waals surface area contributed by atoms with Gasteiger partial charge in [0.15, 0.2) is 0 Å². The molecule has 0 saturated heterocycles. The Labute approximate surface area is 128 Å². The molecule has 94 valence electrons. The third-order valence-electron chi connectivity index (χ3n) is 2.08. The molecule has 0 unspecified atom stereocenters. The number of halogens is 4. The first kappa shape index (κ1) is 13.9. The van der Waals surface area contributed by atoms with Gasteiger partial charge in [-0.25, -0.2) is 9.97 Å². The largest absolute Gasteiger partial charge is 0.339 e. The highest BCUT2D eigenvalue weighted by molar-refractivity contribution is 9.10. The molecule has 0 bridgehead atoms. The van der Waals surface area contributed by atoms with Gasteiger partial charge in [-0.3, -0.25) is 0 Å². The van der Waals surface area contributed by atoms with Crippen LogP contribution in [-0.4, -0.2) is 9.97 Å². The molecule has 2 rings (SSSR count). The first-order valence-corrected chi connectivity index (χ1v) is 6.81. The normalized spacial score (nSPS) is 10.5. The first-order chi connectivity index (χ1) is 8.45. The third-order valence-corrected chi connectivity index (χ3v) is 3.52. The Morgan fingerprint density at radius 3 is 2.33 bits per heavy atom. The van der Waals surface area contributed by atoms with Gasteiger partial charge in [0.05, 0.1) is 20.8 Å². The molecule has 1 aromatic heterocycles. The van der Waals surface area contributed by atoms with Crippen LogP contribution in [0.4, 0.5) is 11.5 Å². The highest BCUT2D eigenvalue weighted by atomic mass is 79.9. The van der Waals surface area contributed by atoms with Crippen molar-refractivity contribution in [1.82, 2.24) is 9.97 Å². The van der Waals surface area contributed by atoms with Crippen LogP contribution in [0.2, 0.25) is 15.1 Å². The van der Waals surface area contributed by atoms with Gasteiger partial charge in [0.2, 0.25) is 0 Å². The van der Waals surface area contributed by atoms with Gasteiger partial charge in [0.1, 0.15) is 16.2 Å². The zero-order valence-corrected chi connectivity index (χ0v) is 13.0. The van der Waals surface area contributed by atoms with Crippen LogP contribution in [0, 0.1) is 6.92 Å². The maximum absolute atomic E-state index is 6.07. The van der Waals surface area contributed by atoms with E-state index in [0.29, 0.717) is 37.0 Å². The Hall–Kier alpha value is -0.550. The summed E-state index contributed by atoms with van der Waals surface area (Å²) in [7, 11) is 0. The second-order valence-corrected chi connectivity index (χ2v) is 5.53. The molecule has 0 atom stereocenters. The van der Waals surface area contributed by atoms with Crippen molar-refractivity contribution in [3.8, 4) is 0 Å². The summed E-state index contributed by atoms with van der Waals surface area (Å²) in [5.74, 6) is 1.26. The van der Waals surface area contributed by atoms with Crippen molar-refractivity contribution in [1.29, 1.82) is 0 Å². The fraction of sp³-hybridized carbons (Fsp3) is 0.0909. The van der Waals surface area contributed by atoms with Crippen LogP contribution in [0.25, 0.3) is 0 Å². The molecule has 3 nitrogen and oxygen atoms in total. The number of aromatic nitrogens is 2. The maximum atomic E-state index is 6.07. The Bertz CT molecular complexity index is 584. The number of benzene rings is 1.